The zero-order valence-corrected chi connectivity index (χ0v) is 20.0. The van der Waals surface area contributed by atoms with Gasteiger partial charge < -0.3 is 4.57 Å². The van der Waals surface area contributed by atoms with Gasteiger partial charge in [0.05, 0.1) is 20.8 Å². The van der Waals surface area contributed by atoms with Crippen molar-refractivity contribution in [1.29, 1.82) is 0 Å². The molecule has 1 heterocycles. The standard InChI is InChI=1S/C25H22FN3O3S2/c1-3-16-28-22-15-12-19(26)17-23(22)33-25(28)27-24(30)18-10-13-21(14-11-18)34(31,32)29(4-2)20-8-6-5-7-9-20/h3,5-15,17H,1,4,16H2,2H3. The van der Waals surface area contributed by atoms with Crippen molar-refractivity contribution < 1.29 is 17.6 Å². The summed E-state index contributed by atoms with van der Waals surface area (Å²) in [6, 6.07) is 18.9. The van der Waals surface area contributed by atoms with Gasteiger partial charge in [0.15, 0.2) is 4.80 Å². The van der Waals surface area contributed by atoms with Gasteiger partial charge in [0.25, 0.3) is 15.9 Å². The SMILES string of the molecule is C=CCn1c(=NC(=O)c2ccc(S(=O)(=O)N(CC)c3ccccc3)cc2)sc2cc(F)ccc21. The normalized spacial score (nSPS) is 12.1. The number of carbonyl (C=O) groups excluding carboxylic acids is 1. The molecular weight excluding hydrogens is 473 g/mol. The van der Waals surface area contributed by atoms with Crippen LogP contribution in [0.2, 0.25) is 0 Å². The highest BCUT2D eigenvalue weighted by atomic mass is 32.2. The van der Waals surface area contributed by atoms with E-state index in [4.69, 9.17) is 0 Å². The number of rotatable bonds is 7. The monoisotopic (exact) mass is 495 g/mol. The molecule has 9 heteroatoms. The van der Waals surface area contributed by atoms with Gasteiger partial charge in [-0.3, -0.25) is 9.10 Å². The lowest BCUT2D eigenvalue weighted by Crippen LogP contribution is -2.30. The zero-order chi connectivity index (χ0) is 24.3. The van der Waals surface area contributed by atoms with Gasteiger partial charge >= 0.3 is 0 Å². The van der Waals surface area contributed by atoms with Crippen molar-refractivity contribution in [2.24, 2.45) is 4.99 Å². The molecule has 6 nitrogen and oxygen atoms in total. The molecule has 0 radical (unpaired) electrons. The number of carbonyl (C=O) groups is 1. The summed E-state index contributed by atoms with van der Waals surface area (Å²) < 4.78 is 43.7. The minimum Gasteiger partial charge on any atom is -0.312 e. The van der Waals surface area contributed by atoms with Gasteiger partial charge in [-0.15, -0.1) is 6.58 Å². The Morgan fingerprint density at radius 1 is 1.12 bits per heavy atom. The Morgan fingerprint density at radius 2 is 1.82 bits per heavy atom. The van der Waals surface area contributed by atoms with Crippen molar-refractivity contribution in [3.63, 3.8) is 0 Å². The Kier molecular flexibility index (Phi) is 6.76. The fraction of sp³-hybridized carbons (Fsp3) is 0.120. The minimum atomic E-state index is -3.80. The van der Waals surface area contributed by atoms with Crippen LogP contribution in [0.25, 0.3) is 10.2 Å². The van der Waals surface area contributed by atoms with E-state index in [2.05, 4.69) is 11.6 Å². The van der Waals surface area contributed by atoms with Crippen LogP contribution in [-0.4, -0.2) is 25.4 Å². The molecule has 0 aliphatic heterocycles. The topological polar surface area (TPSA) is 71.7 Å². The second kappa shape index (κ2) is 9.74. The third-order valence-electron chi connectivity index (χ3n) is 5.17. The summed E-state index contributed by atoms with van der Waals surface area (Å²) in [6.07, 6.45) is 1.67. The largest absolute Gasteiger partial charge is 0.312 e. The van der Waals surface area contributed by atoms with Gasteiger partial charge in [-0.25, -0.2) is 12.8 Å². The second-order valence-corrected chi connectivity index (χ2v) is 10.2. The number of halogens is 1. The van der Waals surface area contributed by atoms with E-state index in [1.807, 2.05) is 6.07 Å². The van der Waals surface area contributed by atoms with E-state index >= 15 is 0 Å². The molecule has 0 bridgehead atoms. The van der Waals surface area contributed by atoms with Crippen LogP contribution in [0, 0.1) is 5.82 Å². The molecule has 3 aromatic carbocycles. The molecule has 0 aliphatic carbocycles. The van der Waals surface area contributed by atoms with Gasteiger partial charge in [0, 0.05) is 18.7 Å². The number of sulfonamides is 1. The number of hydrogen-bond acceptors (Lipinski definition) is 4. The maximum atomic E-state index is 13.6. The van der Waals surface area contributed by atoms with Crippen LogP contribution in [0.4, 0.5) is 10.1 Å². The first-order valence-corrected chi connectivity index (χ1v) is 12.8. The number of fused-ring (bicyclic) bond motifs is 1. The Labute approximate surface area is 201 Å². The van der Waals surface area contributed by atoms with Gasteiger partial charge in [0.2, 0.25) is 0 Å². The molecule has 1 amide bonds. The lowest BCUT2D eigenvalue weighted by molar-refractivity contribution is 0.0998. The van der Waals surface area contributed by atoms with Gasteiger partial charge in [0.1, 0.15) is 5.82 Å². The number of anilines is 1. The Bertz CT molecular complexity index is 1520. The summed E-state index contributed by atoms with van der Waals surface area (Å²) >= 11 is 1.20. The van der Waals surface area contributed by atoms with Crippen LogP contribution in [0.15, 0.2) is 95.3 Å². The second-order valence-electron chi connectivity index (χ2n) is 7.34. The van der Waals surface area contributed by atoms with Gasteiger partial charge in [-0.05, 0) is 61.5 Å². The van der Waals surface area contributed by atoms with Crippen molar-refractivity contribution in [3.8, 4) is 0 Å². The number of allylic oxidation sites excluding steroid dienone is 1. The minimum absolute atomic E-state index is 0.0776. The predicted molar refractivity (Wildman–Crippen MR) is 133 cm³/mol. The summed E-state index contributed by atoms with van der Waals surface area (Å²) in [5.41, 5.74) is 1.56. The van der Waals surface area contributed by atoms with Crippen molar-refractivity contribution in [3.05, 3.63) is 102 Å². The average molecular weight is 496 g/mol. The number of para-hydroxylation sites is 1. The molecule has 4 rings (SSSR count). The Hall–Kier alpha value is -3.56. The summed E-state index contributed by atoms with van der Waals surface area (Å²) in [6.45, 7) is 6.16. The Balaban J connectivity index is 1.67. The van der Waals surface area contributed by atoms with Crippen LogP contribution < -0.4 is 9.11 Å². The number of thiazole rings is 1. The third kappa shape index (κ3) is 4.57. The smallest absolute Gasteiger partial charge is 0.279 e. The Morgan fingerprint density at radius 3 is 2.47 bits per heavy atom. The average Bonchev–Trinajstić information content (AvgIpc) is 3.16. The summed E-state index contributed by atoms with van der Waals surface area (Å²) in [7, 11) is -3.80. The lowest BCUT2D eigenvalue weighted by atomic mass is 10.2. The molecule has 34 heavy (non-hydrogen) atoms. The molecule has 1 aromatic heterocycles. The predicted octanol–water partition coefficient (Wildman–Crippen LogP) is 4.98. The number of amides is 1. The van der Waals surface area contributed by atoms with E-state index in [0.29, 0.717) is 21.7 Å². The van der Waals surface area contributed by atoms with Crippen molar-refractivity contribution in [2.45, 2.75) is 18.4 Å². The van der Waals surface area contributed by atoms with Crippen molar-refractivity contribution in [2.75, 3.05) is 10.8 Å². The molecule has 0 spiro atoms. The molecule has 0 saturated carbocycles. The first-order chi connectivity index (χ1) is 16.3. The first kappa shape index (κ1) is 23.6. The van der Waals surface area contributed by atoms with Crippen LogP contribution >= 0.6 is 11.3 Å². The molecule has 0 unspecified atom stereocenters. The molecule has 0 aliphatic rings. The van der Waals surface area contributed by atoms with E-state index in [1.165, 1.54) is 52.0 Å². The molecule has 0 fully saturated rings. The summed E-state index contributed by atoms with van der Waals surface area (Å²) in [5, 5.41) is 0. The fourth-order valence-corrected chi connectivity index (χ4v) is 6.11. The van der Waals surface area contributed by atoms with E-state index < -0.39 is 15.9 Å². The molecular formula is C25H22FN3O3S2. The third-order valence-corrected chi connectivity index (χ3v) is 8.13. The van der Waals surface area contributed by atoms with E-state index in [1.54, 1.807) is 47.9 Å². The quantitative estimate of drug-likeness (QED) is 0.339. The van der Waals surface area contributed by atoms with E-state index in [0.717, 1.165) is 5.52 Å². The van der Waals surface area contributed by atoms with E-state index in [9.17, 15) is 17.6 Å². The molecule has 0 N–H and O–H groups in total. The zero-order valence-electron chi connectivity index (χ0n) is 18.4. The molecule has 174 valence electrons. The highest BCUT2D eigenvalue weighted by molar-refractivity contribution is 7.92. The van der Waals surface area contributed by atoms with Gasteiger partial charge in [-0.2, -0.15) is 4.99 Å². The highest BCUT2D eigenvalue weighted by Gasteiger charge is 2.23. The number of benzene rings is 3. The van der Waals surface area contributed by atoms with Crippen LogP contribution in [0.3, 0.4) is 0 Å². The van der Waals surface area contributed by atoms with Crippen LogP contribution in [-0.2, 0) is 16.6 Å². The summed E-state index contributed by atoms with van der Waals surface area (Å²) in [4.78, 5) is 17.6. The number of hydrogen-bond donors (Lipinski definition) is 0. The van der Waals surface area contributed by atoms with Crippen LogP contribution in [0.1, 0.15) is 17.3 Å². The van der Waals surface area contributed by atoms with Crippen molar-refractivity contribution >= 4 is 43.2 Å². The maximum absolute atomic E-state index is 13.6. The maximum Gasteiger partial charge on any atom is 0.279 e. The summed E-state index contributed by atoms with van der Waals surface area (Å²) in [5.74, 6) is -0.894. The van der Waals surface area contributed by atoms with E-state index in [-0.39, 0.29) is 22.8 Å². The van der Waals surface area contributed by atoms with Gasteiger partial charge in [-0.1, -0.05) is 35.6 Å². The fourth-order valence-electron chi connectivity index (χ4n) is 3.57. The van der Waals surface area contributed by atoms with Crippen LogP contribution in [0.5, 0.6) is 0 Å². The molecule has 0 saturated heterocycles. The molecule has 4 aromatic rings. The van der Waals surface area contributed by atoms with Crippen molar-refractivity contribution in [1.82, 2.24) is 4.57 Å². The molecule has 0 atom stereocenters. The highest BCUT2D eigenvalue weighted by Crippen LogP contribution is 2.24. The number of nitrogens with zero attached hydrogens (tertiary/aromatic N) is 3. The lowest BCUT2D eigenvalue weighted by Gasteiger charge is -2.22. The number of aromatic nitrogens is 1. The first-order valence-electron chi connectivity index (χ1n) is 10.5.